The number of likely N-dealkylation sites (N-methyl/N-ethyl adjacent to an activating group) is 1. The summed E-state index contributed by atoms with van der Waals surface area (Å²) in [7, 11) is 3.16. The van der Waals surface area contributed by atoms with Gasteiger partial charge in [0.1, 0.15) is 0 Å². The Balaban J connectivity index is 3.10. The highest BCUT2D eigenvalue weighted by Gasteiger charge is 2.21. The van der Waals surface area contributed by atoms with E-state index < -0.39 is 10.7 Å². The number of hydrogen-bond acceptors (Lipinski definition) is 4. The second-order valence-corrected chi connectivity index (χ2v) is 5.19. The van der Waals surface area contributed by atoms with Crippen molar-refractivity contribution in [2.24, 2.45) is 5.92 Å². The number of nitro groups is 1. The monoisotopic (exact) mass is 284 g/mol. The number of hydrogen-bond donors (Lipinski definition) is 1. The molecule has 1 atom stereocenters. The Morgan fingerprint density at radius 3 is 2.55 bits per heavy atom. The highest BCUT2D eigenvalue weighted by molar-refractivity contribution is 5.46. The highest BCUT2D eigenvalue weighted by Crippen LogP contribution is 2.29. The Morgan fingerprint density at radius 1 is 1.45 bits per heavy atom. The maximum atomic E-state index is 13.6. The summed E-state index contributed by atoms with van der Waals surface area (Å²) >= 11 is 0. The van der Waals surface area contributed by atoms with Crippen LogP contribution in [0.15, 0.2) is 12.1 Å². The van der Waals surface area contributed by atoms with Gasteiger partial charge in [-0.1, -0.05) is 13.8 Å². The molecule has 0 aromatic heterocycles. The van der Waals surface area contributed by atoms with Gasteiger partial charge in [-0.2, -0.15) is 0 Å². The molecule has 1 rings (SSSR count). The zero-order valence-corrected chi connectivity index (χ0v) is 12.3. The molecule has 0 aliphatic rings. The van der Waals surface area contributed by atoms with Crippen molar-refractivity contribution in [2.75, 3.05) is 14.2 Å². The second-order valence-electron chi connectivity index (χ2n) is 5.19. The number of halogens is 1. The maximum Gasteiger partial charge on any atom is 0.275 e. The van der Waals surface area contributed by atoms with Crippen LogP contribution in [0.5, 0.6) is 5.75 Å². The van der Waals surface area contributed by atoms with E-state index in [1.807, 2.05) is 7.05 Å². The number of ether oxygens (including phenoxy) is 1. The van der Waals surface area contributed by atoms with Gasteiger partial charge in [0, 0.05) is 11.6 Å². The van der Waals surface area contributed by atoms with Crippen LogP contribution in [-0.4, -0.2) is 25.1 Å². The smallest absolute Gasteiger partial charge is 0.275 e. The van der Waals surface area contributed by atoms with Crippen LogP contribution in [0.3, 0.4) is 0 Å². The van der Waals surface area contributed by atoms with Crippen LogP contribution in [-0.2, 0) is 6.42 Å². The molecule has 0 fully saturated rings. The topological polar surface area (TPSA) is 64.4 Å². The standard InChI is InChI=1S/C14H21FN2O3/c1-9(2)5-11(16-3)6-10-7-14(20-4)12(15)8-13(10)17(18)19/h7-9,11,16H,5-6H2,1-4H3. The molecule has 0 aliphatic carbocycles. The van der Waals surface area contributed by atoms with E-state index in [0.717, 1.165) is 12.5 Å². The fraction of sp³-hybridized carbons (Fsp3) is 0.571. The van der Waals surface area contributed by atoms with Crippen molar-refractivity contribution in [1.29, 1.82) is 0 Å². The molecule has 0 amide bonds. The molecule has 20 heavy (non-hydrogen) atoms. The molecule has 0 radical (unpaired) electrons. The molecule has 112 valence electrons. The van der Waals surface area contributed by atoms with Crippen LogP contribution in [0.4, 0.5) is 10.1 Å². The van der Waals surface area contributed by atoms with Gasteiger partial charge in [-0.25, -0.2) is 4.39 Å². The summed E-state index contributed by atoms with van der Waals surface area (Å²) in [6.07, 6.45) is 1.34. The SMILES string of the molecule is CNC(Cc1cc(OC)c(F)cc1[N+](=O)[O-])CC(C)C. The van der Waals surface area contributed by atoms with E-state index >= 15 is 0 Å². The third-order valence-electron chi connectivity index (χ3n) is 3.18. The summed E-state index contributed by atoms with van der Waals surface area (Å²) in [5.41, 5.74) is 0.278. The summed E-state index contributed by atoms with van der Waals surface area (Å²) in [6, 6.07) is 2.44. The van der Waals surface area contributed by atoms with Crippen molar-refractivity contribution in [3.8, 4) is 5.75 Å². The Bertz CT molecular complexity index is 478. The molecule has 1 aromatic carbocycles. The lowest BCUT2D eigenvalue weighted by atomic mass is 9.96. The van der Waals surface area contributed by atoms with Crippen LogP contribution in [0.2, 0.25) is 0 Å². The van der Waals surface area contributed by atoms with Crippen molar-refractivity contribution in [3.63, 3.8) is 0 Å². The number of nitro benzene ring substituents is 1. The molecule has 0 heterocycles. The fourth-order valence-electron chi connectivity index (χ4n) is 2.21. The van der Waals surface area contributed by atoms with E-state index in [1.165, 1.54) is 13.2 Å². The van der Waals surface area contributed by atoms with Gasteiger partial charge in [-0.05, 0) is 31.9 Å². The highest BCUT2D eigenvalue weighted by atomic mass is 19.1. The summed E-state index contributed by atoms with van der Waals surface area (Å²) in [4.78, 5) is 10.5. The van der Waals surface area contributed by atoms with Crippen LogP contribution >= 0.6 is 0 Å². The van der Waals surface area contributed by atoms with E-state index in [2.05, 4.69) is 19.2 Å². The number of benzene rings is 1. The van der Waals surface area contributed by atoms with Gasteiger partial charge in [0.25, 0.3) is 5.69 Å². The first-order valence-corrected chi connectivity index (χ1v) is 6.57. The van der Waals surface area contributed by atoms with Crippen molar-refractivity contribution in [1.82, 2.24) is 5.32 Å². The fourth-order valence-corrected chi connectivity index (χ4v) is 2.21. The van der Waals surface area contributed by atoms with E-state index in [0.29, 0.717) is 17.9 Å². The average molecular weight is 284 g/mol. The van der Waals surface area contributed by atoms with E-state index in [-0.39, 0.29) is 17.5 Å². The third-order valence-corrected chi connectivity index (χ3v) is 3.18. The summed E-state index contributed by atoms with van der Waals surface area (Å²) in [6.45, 7) is 4.17. The lowest BCUT2D eigenvalue weighted by Gasteiger charge is -2.18. The molecule has 6 heteroatoms. The van der Waals surface area contributed by atoms with Crippen LogP contribution in [0, 0.1) is 21.8 Å². The van der Waals surface area contributed by atoms with Gasteiger partial charge in [-0.15, -0.1) is 0 Å². The molecular weight excluding hydrogens is 263 g/mol. The Hall–Kier alpha value is -1.69. The number of nitrogens with zero attached hydrogens (tertiary/aromatic N) is 1. The zero-order chi connectivity index (χ0) is 15.3. The van der Waals surface area contributed by atoms with Gasteiger partial charge in [-0.3, -0.25) is 10.1 Å². The predicted molar refractivity (Wildman–Crippen MR) is 75.6 cm³/mol. The molecule has 1 aromatic rings. The normalized spacial score (nSPS) is 12.5. The molecule has 5 nitrogen and oxygen atoms in total. The minimum absolute atomic E-state index is 0.0324. The Kier molecular flexibility index (Phi) is 5.88. The summed E-state index contributed by atoms with van der Waals surface area (Å²) in [5, 5.41) is 14.2. The molecule has 1 unspecified atom stereocenters. The van der Waals surface area contributed by atoms with Gasteiger partial charge < -0.3 is 10.1 Å². The van der Waals surface area contributed by atoms with E-state index in [9.17, 15) is 14.5 Å². The van der Waals surface area contributed by atoms with Crippen molar-refractivity contribution < 1.29 is 14.1 Å². The number of rotatable bonds is 7. The number of nitrogens with one attached hydrogen (secondary N) is 1. The lowest BCUT2D eigenvalue weighted by Crippen LogP contribution is -2.29. The first-order valence-electron chi connectivity index (χ1n) is 6.57. The Morgan fingerprint density at radius 2 is 2.10 bits per heavy atom. The molecule has 0 aliphatic heterocycles. The molecule has 0 bridgehead atoms. The van der Waals surface area contributed by atoms with Crippen molar-refractivity contribution >= 4 is 5.69 Å². The van der Waals surface area contributed by atoms with Gasteiger partial charge in [0.05, 0.1) is 18.1 Å². The average Bonchev–Trinajstić information content (AvgIpc) is 2.38. The molecule has 1 N–H and O–H groups in total. The minimum atomic E-state index is -0.715. The molecule has 0 saturated heterocycles. The lowest BCUT2D eigenvalue weighted by molar-refractivity contribution is -0.385. The van der Waals surface area contributed by atoms with Gasteiger partial charge in [0.2, 0.25) is 0 Å². The first kappa shape index (κ1) is 16.4. The largest absolute Gasteiger partial charge is 0.494 e. The molecule has 0 saturated carbocycles. The van der Waals surface area contributed by atoms with Gasteiger partial charge in [0.15, 0.2) is 11.6 Å². The summed E-state index contributed by atoms with van der Waals surface area (Å²) < 4.78 is 18.5. The first-order chi connectivity index (χ1) is 9.38. The van der Waals surface area contributed by atoms with Crippen LogP contribution < -0.4 is 10.1 Å². The van der Waals surface area contributed by atoms with E-state index in [4.69, 9.17) is 4.74 Å². The van der Waals surface area contributed by atoms with Gasteiger partial charge >= 0.3 is 0 Å². The molecule has 0 spiro atoms. The van der Waals surface area contributed by atoms with Crippen LogP contribution in [0.25, 0.3) is 0 Å². The summed E-state index contributed by atoms with van der Waals surface area (Å²) in [5.74, 6) is -0.216. The third kappa shape index (κ3) is 4.16. The predicted octanol–water partition coefficient (Wildman–Crippen LogP) is 2.92. The minimum Gasteiger partial charge on any atom is -0.494 e. The van der Waals surface area contributed by atoms with Crippen molar-refractivity contribution in [2.45, 2.75) is 32.7 Å². The van der Waals surface area contributed by atoms with E-state index in [1.54, 1.807) is 0 Å². The van der Waals surface area contributed by atoms with Crippen molar-refractivity contribution in [3.05, 3.63) is 33.6 Å². The second kappa shape index (κ2) is 7.19. The van der Waals surface area contributed by atoms with Crippen LogP contribution in [0.1, 0.15) is 25.8 Å². The quantitative estimate of drug-likeness (QED) is 0.617. The maximum absolute atomic E-state index is 13.6. The number of methoxy groups -OCH3 is 1. The molecular formula is C14H21FN2O3. The Labute approximate surface area is 118 Å². The zero-order valence-electron chi connectivity index (χ0n) is 12.3.